The van der Waals surface area contributed by atoms with Crippen molar-refractivity contribution in [3.8, 4) is 0 Å². The fourth-order valence-corrected chi connectivity index (χ4v) is 4.80. The third kappa shape index (κ3) is 1.96. The van der Waals surface area contributed by atoms with E-state index in [4.69, 9.17) is 9.90 Å². The Morgan fingerprint density at radius 3 is 2.95 bits per heavy atom. The molecule has 0 spiro atoms. The van der Waals surface area contributed by atoms with Crippen molar-refractivity contribution in [2.75, 3.05) is 13.1 Å². The van der Waals surface area contributed by atoms with Gasteiger partial charge in [-0.2, -0.15) is 0 Å². The van der Waals surface area contributed by atoms with Gasteiger partial charge in [0.05, 0.1) is 0 Å². The van der Waals surface area contributed by atoms with Gasteiger partial charge in [-0.3, -0.25) is 9.69 Å². The first-order valence-electron chi connectivity index (χ1n) is 7.83. The molecule has 1 aromatic heterocycles. The Morgan fingerprint density at radius 1 is 1.36 bits per heavy atom. The quantitative estimate of drug-likeness (QED) is 0.736. The average Bonchev–Trinajstić information content (AvgIpc) is 3.15. The van der Waals surface area contributed by atoms with Crippen LogP contribution >= 0.6 is 0 Å². The van der Waals surface area contributed by atoms with E-state index in [0.29, 0.717) is 5.92 Å². The number of aromatic nitrogens is 1. The van der Waals surface area contributed by atoms with Crippen LogP contribution in [0.2, 0.25) is 0 Å². The minimum atomic E-state index is -0.250. The van der Waals surface area contributed by atoms with E-state index < -0.39 is 0 Å². The zero-order valence-corrected chi connectivity index (χ0v) is 12.3. The number of nitrogens with zero attached hydrogens (tertiary/aromatic N) is 1. The molecule has 4 nitrogen and oxygen atoms in total. The summed E-state index contributed by atoms with van der Waals surface area (Å²) in [4.78, 5) is 14.6. The Labute approximate surface area is 127 Å². The van der Waals surface area contributed by atoms with Crippen molar-refractivity contribution < 1.29 is 14.3 Å². The maximum atomic E-state index is 13.4. The summed E-state index contributed by atoms with van der Waals surface area (Å²) in [7, 11) is 0. The Hall–Kier alpha value is -1.88. The highest BCUT2D eigenvalue weighted by atomic mass is 19.1. The minimum absolute atomic E-state index is 0.140. The van der Waals surface area contributed by atoms with Gasteiger partial charge in [-0.15, -0.1) is 0 Å². The highest BCUT2D eigenvalue weighted by Crippen LogP contribution is 2.50. The number of carboxylic acid groups (broad SMARTS) is 1. The van der Waals surface area contributed by atoms with E-state index in [9.17, 15) is 4.39 Å². The lowest BCUT2D eigenvalue weighted by atomic mass is 9.93. The molecule has 3 aliphatic rings. The molecule has 1 aliphatic carbocycles. The second-order valence-electron chi connectivity index (χ2n) is 6.57. The second kappa shape index (κ2) is 5.09. The van der Waals surface area contributed by atoms with E-state index >= 15 is 0 Å². The van der Waals surface area contributed by atoms with Gasteiger partial charge in [-0.1, -0.05) is 0 Å². The summed E-state index contributed by atoms with van der Waals surface area (Å²) < 4.78 is 13.4. The first-order valence-corrected chi connectivity index (χ1v) is 7.83. The molecule has 3 heterocycles. The van der Waals surface area contributed by atoms with E-state index in [1.807, 2.05) is 6.07 Å². The van der Waals surface area contributed by atoms with Crippen molar-refractivity contribution in [1.29, 1.82) is 0 Å². The molecule has 2 aliphatic heterocycles. The number of carbonyl (C=O) groups is 1. The Morgan fingerprint density at radius 2 is 2.18 bits per heavy atom. The lowest BCUT2D eigenvalue weighted by Crippen LogP contribution is -2.36. The van der Waals surface area contributed by atoms with Crippen LogP contribution in [-0.2, 0) is 11.2 Å². The molecule has 0 unspecified atom stereocenters. The molecule has 22 heavy (non-hydrogen) atoms. The standard InChI is InChI=1S/C16H17FN2.CH2O2/c17-10-1-2-11-12-3-4-19-8-9-5-13(15(19)6-9)16(12)18-14(11)7-10;2-1-3/h1-2,7,9,13,15,18H,3-6,8H2;1H,(H,2,3)/t9-,13+,15-;/m0./s1. The summed E-state index contributed by atoms with van der Waals surface area (Å²) in [6, 6.07) is 5.93. The van der Waals surface area contributed by atoms with Gasteiger partial charge in [-0.25, -0.2) is 4.39 Å². The zero-order chi connectivity index (χ0) is 15.3. The summed E-state index contributed by atoms with van der Waals surface area (Å²) in [5.41, 5.74) is 3.85. The van der Waals surface area contributed by atoms with Crippen molar-refractivity contribution in [1.82, 2.24) is 9.88 Å². The SMILES string of the molecule is Fc1ccc2c3c([nH]c2c1)[C@@H]1C[C@H]2C[C@@H]1N(CC3)C2.O=CO. The summed E-state index contributed by atoms with van der Waals surface area (Å²) in [5.74, 6) is 1.41. The number of fused-ring (bicyclic) bond motifs is 5. The van der Waals surface area contributed by atoms with E-state index in [1.54, 1.807) is 12.1 Å². The molecule has 0 radical (unpaired) electrons. The van der Waals surface area contributed by atoms with Gasteiger partial charge in [-0.05, 0) is 48.9 Å². The van der Waals surface area contributed by atoms with Crippen molar-refractivity contribution in [3.05, 3.63) is 35.3 Å². The molecule has 1 saturated carbocycles. The molecular formula is C17H19FN2O2. The van der Waals surface area contributed by atoms with Crippen LogP contribution in [0.5, 0.6) is 0 Å². The number of piperidine rings is 1. The largest absolute Gasteiger partial charge is 0.483 e. The van der Waals surface area contributed by atoms with Crippen molar-refractivity contribution in [2.24, 2.45) is 5.92 Å². The lowest BCUT2D eigenvalue weighted by molar-refractivity contribution is -0.122. The second-order valence-corrected chi connectivity index (χ2v) is 6.57. The molecule has 3 atom stereocenters. The molecule has 2 N–H and O–H groups in total. The molecule has 5 rings (SSSR count). The van der Waals surface area contributed by atoms with Crippen LogP contribution in [0.4, 0.5) is 4.39 Å². The van der Waals surface area contributed by atoms with Crippen LogP contribution in [0.1, 0.15) is 30.0 Å². The van der Waals surface area contributed by atoms with E-state index in [2.05, 4.69) is 9.88 Å². The van der Waals surface area contributed by atoms with Gasteiger partial charge in [0.25, 0.3) is 6.47 Å². The van der Waals surface area contributed by atoms with Gasteiger partial charge in [0.2, 0.25) is 0 Å². The molecule has 1 aromatic carbocycles. The Kier molecular flexibility index (Phi) is 3.18. The number of H-pyrrole nitrogens is 1. The maximum absolute atomic E-state index is 13.4. The topological polar surface area (TPSA) is 56.3 Å². The predicted octanol–water partition coefficient (Wildman–Crippen LogP) is 2.74. The van der Waals surface area contributed by atoms with Crippen LogP contribution in [0.25, 0.3) is 10.9 Å². The normalized spacial score (nSPS) is 28.9. The van der Waals surface area contributed by atoms with Gasteiger partial charge < -0.3 is 10.1 Å². The number of nitrogens with one attached hydrogen (secondary N) is 1. The summed E-state index contributed by atoms with van der Waals surface area (Å²) in [5, 5.41) is 8.13. The number of benzene rings is 1. The first-order chi connectivity index (χ1) is 10.7. The summed E-state index contributed by atoms with van der Waals surface area (Å²) in [6.07, 6.45) is 3.80. The highest BCUT2D eigenvalue weighted by Gasteiger charge is 2.47. The highest BCUT2D eigenvalue weighted by molar-refractivity contribution is 5.85. The van der Waals surface area contributed by atoms with Gasteiger partial charge in [0, 0.05) is 41.6 Å². The third-order valence-electron chi connectivity index (χ3n) is 5.51. The number of hydrogen-bond donors (Lipinski definition) is 2. The third-order valence-corrected chi connectivity index (χ3v) is 5.51. The molecular weight excluding hydrogens is 283 g/mol. The number of halogens is 1. The molecule has 2 fully saturated rings. The minimum Gasteiger partial charge on any atom is -0.483 e. The summed E-state index contributed by atoms with van der Waals surface area (Å²) >= 11 is 0. The van der Waals surface area contributed by atoms with Crippen LogP contribution < -0.4 is 0 Å². The summed E-state index contributed by atoms with van der Waals surface area (Å²) in [6.45, 7) is 2.23. The van der Waals surface area contributed by atoms with E-state index in [0.717, 1.165) is 23.9 Å². The average molecular weight is 302 g/mol. The predicted molar refractivity (Wildman–Crippen MR) is 81.5 cm³/mol. The van der Waals surface area contributed by atoms with Crippen LogP contribution in [0.15, 0.2) is 18.2 Å². The first kappa shape index (κ1) is 13.8. The molecule has 1 saturated heterocycles. The molecule has 2 aromatic rings. The van der Waals surface area contributed by atoms with Crippen LogP contribution in [-0.4, -0.2) is 40.6 Å². The van der Waals surface area contributed by atoms with Gasteiger partial charge in [0.1, 0.15) is 5.82 Å². The monoisotopic (exact) mass is 302 g/mol. The molecule has 0 amide bonds. The number of rotatable bonds is 0. The van der Waals surface area contributed by atoms with Crippen molar-refractivity contribution in [3.63, 3.8) is 0 Å². The van der Waals surface area contributed by atoms with E-state index in [-0.39, 0.29) is 12.3 Å². The van der Waals surface area contributed by atoms with Gasteiger partial charge in [0.15, 0.2) is 0 Å². The van der Waals surface area contributed by atoms with Gasteiger partial charge >= 0.3 is 0 Å². The number of aromatic amines is 1. The zero-order valence-electron chi connectivity index (χ0n) is 12.3. The fourth-order valence-electron chi connectivity index (χ4n) is 4.80. The fraction of sp³-hybridized carbons (Fsp3) is 0.471. The van der Waals surface area contributed by atoms with Crippen LogP contribution in [0.3, 0.4) is 0 Å². The van der Waals surface area contributed by atoms with E-state index in [1.165, 1.54) is 42.6 Å². The molecule has 5 heteroatoms. The molecule has 2 bridgehead atoms. The van der Waals surface area contributed by atoms with Crippen molar-refractivity contribution in [2.45, 2.75) is 31.2 Å². The maximum Gasteiger partial charge on any atom is 0.290 e. The smallest absolute Gasteiger partial charge is 0.290 e. The Bertz CT molecular complexity index is 727. The Balaban J connectivity index is 0.000000389. The van der Waals surface area contributed by atoms with Crippen LogP contribution in [0, 0.1) is 11.7 Å². The molecule has 116 valence electrons. The lowest BCUT2D eigenvalue weighted by Gasteiger charge is -2.30. The van der Waals surface area contributed by atoms with Crippen molar-refractivity contribution >= 4 is 17.4 Å². The number of hydrogen-bond acceptors (Lipinski definition) is 2.